The molecule has 1 N–H and O–H groups in total. The fourth-order valence-corrected chi connectivity index (χ4v) is 2.83. The molecule has 21 heavy (non-hydrogen) atoms. The maximum absolute atomic E-state index is 5.34. The predicted molar refractivity (Wildman–Crippen MR) is 83.3 cm³/mol. The van der Waals surface area contributed by atoms with Crippen molar-refractivity contribution in [3.63, 3.8) is 0 Å². The fourth-order valence-electron chi connectivity index (χ4n) is 2.83. The van der Waals surface area contributed by atoms with Crippen LogP contribution in [-0.2, 0) is 6.54 Å². The highest BCUT2D eigenvalue weighted by atomic mass is 16.5. The first kappa shape index (κ1) is 14.0. The van der Waals surface area contributed by atoms with Crippen LogP contribution in [0.4, 0.5) is 0 Å². The first-order valence-electron chi connectivity index (χ1n) is 7.35. The van der Waals surface area contributed by atoms with Crippen LogP contribution < -0.4 is 10.1 Å². The summed E-state index contributed by atoms with van der Waals surface area (Å²) in [6, 6.07) is 15.1. The van der Waals surface area contributed by atoms with Crippen LogP contribution in [0.25, 0.3) is 0 Å². The minimum absolute atomic E-state index is 0.391. The second kappa shape index (κ2) is 6.70. The van der Waals surface area contributed by atoms with Gasteiger partial charge in [0.15, 0.2) is 0 Å². The van der Waals surface area contributed by atoms with E-state index < -0.39 is 0 Å². The van der Waals surface area contributed by atoms with E-state index in [1.54, 1.807) is 13.3 Å². The Balaban J connectivity index is 1.69. The Kier molecular flexibility index (Phi) is 4.48. The van der Waals surface area contributed by atoms with E-state index in [1.807, 2.05) is 6.07 Å². The minimum atomic E-state index is 0.391. The monoisotopic (exact) mass is 283 g/mol. The Morgan fingerprint density at radius 3 is 2.90 bits per heavy atom. The maximum Gasteiger partial charge on any atom is 0.217 e. The van der Waals surface area contributed by atoms with E-state index in [4.69, 9.17) is 4.74 Å². The van der Waals surface area contributed by atoms with Gasteiger partial charge in [0.05, 0.1) is 7.11 Å². The van der Waals surface area contributed by atoms with Gasteiger partial charge in [-0.3, -0.25) is 4.90 Å². The molecule has 4 nitrogen and oxygen atoms in total. The maximum atomic E-state index is 5.34. The summed E-state index contributed by atoms with van der Waals surface area (Å²) in [5, 5.41) is 3.59. The first-order chi connectivity index (χ1) is 10.4. The highest BCUT2D eigenvalue weighted by molar-refractivity contribution is 5.25. The van der Waals surface area contributed by atoms with Crippen molar-refractivity contribution >= 4 is 0 Å². The highest BCUT2D eigenvalue weighted by Gasteiger charge is 2.21. The van der Waals surface area contributed by atoms with Crippen molar-refractivity contribution in [3.05, 3.63) is 59.8 Å². The number of nitrogens with one attached hydrogen (secondary N) is 1. The van der Waals surface area contributed by atoms with Gasteiger partial charge in [-0.25, -0.2) is 4.98 Å². The number of methoxy groups -OCH3 is 1. The van der Waals surface area contributed by atoms with Crippen LogP contribution in [0.15, 0.2) is 48.7 Å². The molecule has 3 rings (SSSR count). The van der Waals surface area contributed by atoms with Gasteiger partial charge in [-0.15, -0.1) is 0 Å². The first-order valence-corrected chi connectivity index (χ1v) is 7.35. The molecule has 0 spiro atoms. The number of pyridine rings is 1. The van der Waals surface area contributed by atoms with E-state index in [2.05, 4.69) is 51.6 Å². The fraction of sp³-hybridized carbons (Fsp3) is 0.353. The Morgan fingerprint density at radius 1 is 1.24 bits per heavy atom. The van der Waals surface area contributed by atoms with Gasteiger partial charge in [0.2, 0.25) is 5.88 Å². The van der Waals surface area contributed by atoms with Gasteiger partial charge in [0.25, 0.3) is 0 Å². The summed E-state index contributed by atoms with van der Waals surface area (Å²) < 4.78 is 5.34. The van der Waals surface area contributed by atoms with Crippen molar-refractivity contribution in [1.82, 2.24) is 15.2 Å². The summed E-state index contributed by atoms with van der Waals surface area (Å²) >= 11 is 0. The molecule has 1 saturated heterocycles. The van der Waals surface area contributed by atoms with Gasteiger partial charge in [0, 0.05) is 44.0 Å². The molecular formula is C17H21N3O. The van der Waals surface area contributed by atoms with Crippen molar-refractivity contribution < 1.29 is 4.74 Å². The lowest BCUT2D eigenvalue weighted by atomic mass is 10.0. The van der Waals surface area contributed by atoms with E-state index in [0.29, 0.717) is 6.04 Å². The lowest BCUT2D eigenvalue weighted by Crippen LogP contribution is -2.45. The minimum Gasteiger partial charge on any atom is -0.481 e. The average molecular weight is 283 g/mol. The average Bonchev–Trinajstić information content (AvgIpc) is 2.56. The quantitative estimate of drug-likeness (QED) is 0.934. The Morgan fingerprint density at radius 2 is 2.10 bits per heavy atom. The molecule has 110 valence electrons. The summed E-state index contributed by atoms with van der Waals surface area (Å²) in [6.45, 7) is 3.92. The van der Waals surface area contributed by atoms with E-state index in [1.165, 1.54) is 5.56 Å². The van der Waals surface area contributed by atoms with Crippen LogP contribution >= 0.6 is 0 Å². The van der Waals surface area contributed by atoms with Crippen LogP contribution in [0.2, 0.25) is 0 Å². The van der Waals surface area contributed by atoms with Crippen LogP contribution in [0.3, 0.4) is 0 Å². The number of ether oxygens (including phenoxy) is 1. The lowest BCUT2D eigenvalue weighted by molar-refractivity contribution is 0.191. The second-order valence-corrected chi connectivity index (χ2v) is 5.32. The summed E-state index contributed by atoms with van der Waals surface area (Å²) in [5.74, 6) is 0.729. The van der Waals surface area contributed by atoms with Crippen LogP contribution in [-0.4, -0.2) is 36.6 Å². The zero-order valence-corrected chi connectivity index (χ0v) is 12.3. The number of hydrogen-bond donors (Lipinski definition) is 1. The summed E-state index contributed by atoms with van der Waals surface area (Å²) in [6.07, 6.45) is 1.77. The zero-order chi connectivity index (χ0) is 14.5. The van der Waals surface area contributed by atoms with E-state index in [-0.39, 0.29) is 0 Å². The van der Waals surface area contributed by atoms with Crippen molar-refractivity contribution in [2.45, 2.75) is 12.6 Å². The Bertz CT molecular complexity index is 573. The van der Waals surface area contributed by atoms with E-state index in [0.717, 1.165) is 37.6 Å². The van der Waals surface area contributed by atoms with E-state index >= 15 is 0 Å². The number of piperazine rings is 1. The molecular weight excluding hydrogens is 262 g/mol. The van der Waals surface area contributed by atoms with Gasteiger partial charge >= 0.3 is 0 Å². The van der Waals surface area contributed by atoms with Gasteiger partial charge in [-0.05, 0) is 11.6 Å². The topological polar surface area (TPSA) is 37.4 Å². The predicted octanol–water partition coefficient (Wildman–Crippen LogP) is 2.24. The molecule has 1 aliphatic rings. The SMILES string of the molecule is COc1ncccc1CN1CCNC(c2ccccc2)C1. The highest BCUT2D eigenvalue weighted by Crippen LogP contribution is 2.21. The second-order valence-electron chi connectivity index (χ2n) is 5.32. The molecule has 0 bridgehead atoms. The summed E-state index contributed by atoms with van der Waals surface area (Å²) in [5.41, 5.74) is 2.49. The van der Waals surface area contributed by atoms with Crippen LogP contribution in [0.5, 0.6) is 5.88 Å². The molecule has 0 aliphatic carbocycles. The number of nitrogens with zero attached hydrogens (tertiary/aromatic N) is 2. The molecule has 1 aliphatic heterocycles. The molecule has 1 atom stereocenters. The molecule has 0 amide bonds. The standard InChI is InChI=1S/C17H21N3O/c1-21-17-15(8-5-9-19-17)12-20-11-10-18-16(13-20)14-6-3-2-4-7-14/h2-9,16,18H,10-13H2,1H3. The zero-order valence-electron chi connectivity index (χ0n) is 12.3. The smallest absolute Gasteiger partial charge is 0.217 e. The normalized spacial score (nSPS) is 19.4. The molecule has 2 aromatic rings. The molecule has 1 aromatic heterocycles. The molecule has 4 heteroatoms. The van der Waals surface area contributed by atoms with Crippen molar-refractivity contribution in [3.8, 4) is 5.88 Å². The third kappa shape index (κ3) is 3.40. The van der Waals surface area contributed by atoms with Crippen molar-refractivity contribution in [1.29, 1.82) is 0 Å². The molecule has 2 heterocycles. The van der Waals surface area contributed by atoms with Gasteiger partial charge < -0.3 is 10.1 Å². The van der Waals surface area contributed by atoms with E-state index in [9.17, 15) is 0 Å². The van der Waals surface area contributed by atoms with Crippen LogP contribution in [0.1, 0.15) is 17.2 Å². The van der Waals surface area contributed by atoms with Gasteiger partial charge in [-0.1, -0.05) is 36.4 Å². The lowest BCUT2D eigenvalue weighted by Gasteiger charge is -2.34. The Labute approximate surface area is 125 Å². The third-order valence-corrected chi connectivity index (χ3v) is 3.90. The molecule has 1 aromatic carbocycles. The molecule has 0 radical (unpaired) electrons. The molecule has 1 fully saturated rings. The third-order valence-electron chi connectivity index (χ3n) is 3.90. The van der Waals surface area contributed by atoms with Crippen LogP contribution in [0, 0.1) is 0 Å². The molecule has 0 saturated carbocycles. The van der Waals surface area contributed by atoms with Crippen molar-refractivity contribution in [2.24, 2.45) is 0 Å². The number of rotatable bonds is 4. The van der Waals surface area contributed by atoms with Crippen molar-refractivity contribution in [2.75, 3.05) is 26.7 Å². The summed E-state index contributed by atoms with van der Waals surface area (Å²) in [7, 11) is 1.68. The Hall–Kier alpha value is -1.91. The number of benzene rings is 1. The van der Waals surface area contributed by atoms with Gasteiger partial charge in [0.1, 0.15) is 0 Å². The summed E-state index contributed by atoms with van der Waals surface area (Å²) in [4.78, 5) is 6.73. The number of aromatic nitrogens is 1. The largest absolute Gasteiger partial charge is 0.481 e. The molecule has 1 unspecified atom stereocenters. The van der Waals surface area contributed by atoms with Gasteiger partial charge in [-0.2, -0.15) is 0 Å². The number of hydrogen-bond acceptors (Lipinski definition) is 4.